The fourth-order valence-electron chi connectivity index (χ4n) is 3.77. The van der Waals surface area contributed by atoms with Crippen LogP contribution in [-0.2, 0) is 7.05 Å². The quantitative estimate of drug-likeness (QED) is 0.159. The van der Waals surface area contributed by atoms with Crippen LogP contribution in [0.2, 0.25) is 0 Å². The number of benzene rings is 2. The number of rotatable bonds is 3. The third kappa shape index (κ3) is 9.52. The van der Waals surface area contributed by atoms with Gasteiger partial charge in [0.2, 0.25) is 17.5 Å². The first-order valence-corrected chi connectivity index (χ1v) is 13.5. The van der Waals surface area contributed by atoms with Gasteiger partial charge >= 0.3 is 0 Å². The highest BCUT2D eigenvalue weighted by Crippen LogP contribution is 2.18. The standard InChI is InChI=1S/2C10H7N5.C5H6N6.3CH4O/c1-2-4-8-6-11-9(5-7(8)3-1)10-12-14-15-13-10;1-2-4-8-7(3-1)5-6-9(11-8)10-12-14-15-13-10;1-11-3-2-6-5(11)4-7-9-10-8-4;3*1-2/h2*1-6H,(H,12,13,14,15);2-3H,1H3,(H,7,8,9,10);3*2H,1H3. The van der Waals surface area contributed by atoms with Gasteiger partial charge in [-0.15, -0.1) is 30.6 Å². The average Bonchev–Trinajstić information content (AvgIpc) is 4.00. The molecule has 6 N–H and O–H groups in total. The van der Waals surface area contributed by atoms with Crippen molar-refractivity contribution in [2.45, 2.75) is 0 Å². The van der Waals surface area contributed by atoms with E-state index >= 15 is 0 Å². The molecule has 0 spiro atoms. The molecule has 0 bridgehead atoms. The number of nitrogens with zero attached hydrogens (tertiary/aromatic N) is 13. The minimum absolute atomic E-state index is 0.512. The van der Waals surface area contributed by atoms with Crippen molar-refractivity contribution in [2.75, 3.05) is 21.3 Å². The molecule has 8 aromatic rings. The predicted octanol–water partition coefficient (Wildman–Crippen LogP) is 1.26. The Bertz CT molecular complexity index is 1870. The maximum atomic E-state index is 7.00. The Hall–Kier alpha value is -6.44. The topological polar surface area (TPSA) is 268 Å². The molecule has 2 aromatic carbocycles. The molecule has 0 amide bonds. The number of tetrazole rings is 3. The van der Waals surface area contributed by atoms with Crippen molar-refractivity contribution < 1.29 is 15.3 Å². The molecule has 0 radical (unpaired) electrons. The van der Waals surface area contributed by atoms with Crippen molar-refractivity contribution in [1.29, 1.82) is 0 Å². The third-order valence-electron chi connectivity index (χ3n) is 5.74. The zero-order valence-corrected chi connectivity index (χ0v) is 25.7. The van der Waals surface area contributed by atoms with Crippen molar-refractivity contribution in [2.24, 2.45) is 7.05 Å². The summed E-state index contributed by atoms with van der Waals surface area (Å²) < 4.78 is 1.82. The molecular formula is C28H32N16O3. The molecule has 242 valence electrons. The predicted molar refractivity (Wildman–Crippen MR) is 171 cm³/mol. The summed E-state index contributed by atoms with van der Waals surface area (Å²) in [6, 6.07) is 21.7. The highest BCUT2D eigenvalue weighted by molar-refractivity contribution is 5.84. The van der Waals surface area contributed by atoms with Gasteiger partial charge in [0.15, 0.2) is 5.82 Å². The zero-order valence-electron chi connectivity index (χ0n) is 25.7. The summed E-state index contributed by atoms with van der Waals surface area (Å²) in [4.78, 5) is 12.7. The van der Waals surface area contributed by atoms with Gasteiger partial charge in [0.25, 0.3) is 0 Å². The first kappa shape index (κ1) is 35.0. The minimum Gasteiger partial charge on any atom is -0.400 e. The molecule has 0 saturated carbocycles. The molecule has 6 aromatic heterocycles. The van der Waals surface area contributed by atoms with Gasteiger partial charge < -0.3 is 19.9 Å². The number of hydrogen-bond acceptors (Lipinski definition) is 15. The van der Waals surface area contributed by atoms with Gasteiger partial charge in [-0.1, -0.05) is 48.5 Å². The maximum Gasteiger partial charge on any atom is 0.240 e. The fraction of sp³-hybridized carbons (Fsp3) is 0.143. The second kappa shape index (κ2) is 19.1. The van der Waals surface area contributed by atoms with Crippen LogP contribution in [0.25, 0.3) is 56.4 Å². The smallest absolute Gasteiger partial charge is 0.240 e. The number of aliphatic hydroxyl groups excluding tert-OH is 3. The summed E-state index contributed by atoms with van der Waals surface area (Å²) in [6.07, 6.45) is 5.32. The van der Waals surface area contributed by atoms with Crippen molar-refractivity contribution in [3.8, 4) is 34.7 Å². The summed E-state index contributed by atoms with van der Waals surface area (Å²) in [5.41, 5.74) is 2.38. The number of H-pyrrole nitrogens is 3. The van der Waals surface area contributed by atoms with Gasteiger partial charge in [-0.05, 0) is 39.2 Å². The molecule has 47 heavy (non-hydrogen) atoms. The number of para-hydroxylation sites is 1. The Morgan fingerprint density at radius 3 is 1.70 bits per heavy atom. The van der Waals surface area contributed by atoms with Crippen LogP contribution in [0.1, 0.15) is 0 Å². The number of aliphatic hydroxyl groups is 3. The molecule has 0 saturated heterocycles. The van der Waals surface area contributed by atoms with Crippen molar-refractivity contribution in [3.05, 3.63) is 85.3 Å². The number of imidazole rings is 1. The number of hydrogen-bond donors (Lipinski definition) is 6. The minimum atomic E-state index is 0.512. The average molecular weight is 641 g/mol. The monoisotopic (exact) mass is 640 g/mol. The summed E-state index contributed by atoms with van der Waals surface area (Å²) in [6.45, 7) is 0. The van der Waals surface area contributed by atoms with Crippen molar-refractivity contribution >= 4 is 21.7 Å². The van der Waals surface area contributed by atoms with E-state index in [0.717, 1.165) is 54.4 Å². The number of aromatic nitrogens is 16. The first-order valence-electron chi connectivity index (χ1n) is 13.5. The number of fused-ring (bicyclic) bond motifs is 2. The molecule has 8 rings (SSSR count). The van der Waals surface area contributed by atoms with Crippen LogP contribution < -0.4 is 0 Å². The summed E-state index contributed by atoms with van der Waals surface area (Å²) in [5, 5.41) is 65.0. The SMILES string of the molecule is CO.CO.CO.Cn1ccnc1-c1nn[nH]n1.c1ccc2cc(-c3nn[nH]n3)ncc2c1.c1ccc2nc(-c3nn[nH]n3)ccc2c1. The lowest BCUT2D eigenvalue weighted by Crippen LogP contribution is -1.92. The Balaban J connectivity index is 0.000000179. The Morgan fingerprint density at radius 2 is 1.13 bits per heavy atom. The van der Waals surface area contributed by atoms with E-state index in [1.165, 1.54) is 0 Å². The van der Waals surface area contributed by atoms with E-state index in [1.807, 2.05) is 84.5 Å². The van der Waals surface area contributed by atoms with E-state index < -0.39 is 0 Å². The van der Waals surface area contributed by atoms with Gasteiger partial charge in [0.05, 0.1) is 5.52 Å². The lowest BCUT2D eigenvalue weighted by atomic mass is 10.1. The summed E-state index contributed by atoms with van der Waals surface area (Å²) in [5.74, 6) is 2.25. The number of nitrogens with one attached hydrogen (secondary N) is 3. The third-order valence-corrected chi connectivity index (χ3v) is 5.74. The largest absolute Gasteiger partial charge is 0.400 e. The summed E-state index contributed by atoms with van der Waals surface area (Å²) >= 11 is 0. The van der Waals surface area contributed by atoms with Crippen LogP contribution in [-0.4, -0.2) is 118 Å². The molecule has 19 heteroatoms. The lowest BCUT2D eigenvalue weighted by Gasteiger charge is -1.97. The molecule has 0 fully saturated rings. The number of aryl methyl sites for hydroxylation is 1. The van der Waals surface area contributed by atoms with E-state index in [9.17, 15) is 0 Å². The van der Waals surface area contributed by atoms with Crippen LogP contribution in [0.5, 0.6) is 0 Å². The van der Waals surface area contributed by atoms with Crippen LogP contribution in [0.4, 0.5) is 0 Å². The molecule has 6 heterocycles. The van der Waals surface area contributed by atoms with Crippen LogP contribution in [0.15, 0.2) is 85.3 Å². The second-order valence-electron chi connectivity index (χ2n) is 8.37. The van der Waals surface area contributed by atoms with Crippen LogP contribution in [0.3, 0.4) is 0 Å². The first-order chi connectivity index (χ1) is 23.2. The Labute approximate surface area is 266 Å². The normalized spacial score (nSPS) is 9.60. The van der Waals surface area contributed by atoms with E-state index in [0.29, 0.717) is 23.3 Å². The van der Waals surface area contributed by atoms with Crippen molar-refractivity contribution in [3.63, 3.8) is 0 Å². The Morgan fingerprint density at radius 1 is 0.574 bits per heavy atom. The van der Waals surface area contributed by atoms with Crippen LogP contribution in [0, 0.1) is 0 Å². The molecule has 0 atom stereocenters. The van der Waals surface area contributed by atoms with Gasteiger partial charge in [-0.2, -0.15) is 15.6 Å². The van der Waals surface area contributed by atoms with Crippen molar-refractivity contribution in [1.82, 2.24) is 81.4 Å². The molecule has 0 aliphatic carbocycles. The zero-order chi connectivity index (χ0) is 33.9. The molecule has 0 aliphatic heterocycles. The molecule has 0 unspecified atom stereocenters. The van der Waals surface area contributed by atoms with Gasteiger partial charge in [-0.25, -0.2) is 9.97 Å². The van der Waals surface area contributed by atoms with E-state index in [2.05, 4.69) is 76.8 Å². The van der Waals surface area contributed by atoms with Gasteiger partial charge in [0.1, 0.15) is 11.4 Å². The van der Waals surface area contributed by atoms with Gasteiger partial charge in [0, 0.05) is 57.7 Å². The fourth-order valence-corrected chi connectivity index (χ4v) is 3.77. The maximum absolute atomic E-state index is 7.00. The number of pyridine rings is 2. The molecule has 0 aliphatic rings. The van der Waals surface area contributed by atoms with E-state index in [1.54, 1.807) is 12.4 Å². The Kier molecular flexibility index (Phi) is 14.2. The number of aromatic amines is 3. The lowest BCUT2D eigenvalue weighted by molar-refractivity contribution is 0.399. The van der Waals surface area contributed by atoms with E-state index in [4.69, 9.17) is 15.3 Å². The van der Waals surface area contributed by atoms with Crippen LogP contribution >= 0.6 is 0 Å². The molecular weight excluding hydrogens is 608 g/mol. The highest BCUT2D eigenvalue weighted by Gasteiger charge is 2.07. The van der Waals surface area contributed by atoms with E-state index in [-0.39, 0.29) is 0 Å². The summed E-state index contributed by atoms with van der Waals surface area (Å²) in [7, 11) is 4.87. The highest BCUT2D eigenvalue weighted by atomic mass is 16.2. The molecule has 19 nitrogen and oxygen atoms in total. The van der Waals surface area contributed by atoms with Gasteiger partial charge in [-0.3, -0.25) is 4.98 Å². The second-order valence-corrected chi connectivity index (χ2v) is 8.37.